The summed E-state index contributed by atoms with van der Waals surface area (Å²) in [5, 5.41) is 17.1. The van der Waals surface area contributed by atoms with E-state index in [1.165, 1.54) is 29.9 Å². The molecular weight excluding hydrogens is 874 g/mol. The fourth-order valence-electron chi connectivity index (χ4n) is 8.92. The quantitative estimate of drug-likeness (QED) is 0.0496. The maximum atomic E-state index is 12.6. The number of likely N-dealkylation sites (tertiary alicyclic amines) is 1. The van der Waals surface area contributed by atoms with Crippen molar-refractivity contribution >= 4 is 28.7 Å². The Morgan fingerprint density at radius 1 is 0.838 bits per heavy atom. The minimum Gasteiger partial charge on any atom is -0.490 e. The van der Waals surface area contributed by atoms with E-state index < -0.39 is 17.8 Å². The van der Waals surface area contributed by atoms with Gasteiger partial charge in [0.15, 0.2) is 0 Å². The first kappa shape index (κ1) is 51.8. The highest BCUT2D eigenvalue weighted by atomic mass is 19.4. The number of aromatic nitrogens is 3. The Morgan fingerprint density at radius 2 is 1.51 bits per heavy atom. The topological polar surface area (TPSA) is 148 Å². The van der Waals surface area contributed by atoms with Gasteiger partial charge in [0.2, 0.25) is 17.8 Å². The monoisotopic (exact) mass is 943 g/mol. The normalized spacial score (nSPS) is 17.1. The van der Waals surface area contributed by atoms with E-state index in [9.17, 15) is 27.9 Å². The summed E-state index contributed by atoms with van der Waals surface area (Å²) in [5.41, 5.74) is 1.37. The van der Waals surface area contributed by atoms with E-state index >= 15 is 0 Å². The van der Waals surface area contributed by atoms with Crippen molar-refractivity contribution in [2.45, 2.75) is 96.1 Å². The lowest BCUT2D eigenvalue weighted by atomic mass is 9.76. The average molecular weight is 943 g/mol. The van der Waals surface area contributed by atoms with Crippen LogP contribution in [0.2, 0.25) is 0 Å². The van der Waals surface area contributed by atoms with Crippen molar-refractivity contribution in [3.63, 3.8) is 0 Å². The van der Waals surface area contributed by atoms with Crippen LogP contribution in [0.3, 0.4) is 0 Å². The summed E-state index contributed by atoms with van der Waals surface area (Å²) in [6.45, 7) is 11.2. The number of imide groups is 1. The fraction of sp³-hybridized carbons (Fsp3) is 0.500. The zero-order valence-electron chi connectivity index (χ0n) is 39.7. The SMILES string of the molecule is CC(C)NCC(O)COc1cccc2[nH]ccc12.CNCCC(Oc1ccc(C(F)(F)F)cc1)c1ccccc1.O=C1CC2(CCCC2)CC(=O)N1CCCCN1CCN(c2ncccn2)CC1. The number of amides is 2. The first-order valence-electron chi connectivity index (χ1n) is 24.0. The van der Waals surface area contributed by atoms with Gasteiger partial charge in [-0.25, -0.2) is 9.97 Å². The molecule has 3 fully saturated rings. The van der Waals surface area contributed by atoms with E-state index in [4.69, 9.17) is 9.47 Å². The van der Waals surface area contributed by atoms with E-state index in [1.807, 2.05) is 87.8 Å². The molecule has 368 valence electrons. The predicted molar refractivity (Wildman–Crippen MR) is 260 cm³/mol. The highest BCUT2D eigenvalue weighted by Crippen LogP contribution is 2.47. The Balaban J connectivity index is 0.000000173. The summed E-state index contributed by atoms with van der Waals surface area (Å²) in [7, 11) is 1.85. The van der Waals surface area contributed by atoms with Crippen molar-refractivity contribution in [3.05, 3.63) is 115 Å². The molecule has 2 aromatic heterocycles. The Labute approximate surface area is 398 Å². The number of carbonyl (C=O) groups excluding carboxylic acids is 2. The summed E-state index contributed by atoms with van der Waals surface area (Å²) in [5.74, 6) is 2.17. The van der Waals surface area contributed by atoms with Gasteiger partial charge in [-0.3, -0.25) is 19.4 Å². The molecule has 3 aromatic carbocycles. The maximum absolute atomic E-state index is 12.6. The molecular formula is C52H69F3N8O5. The molecule has 5 aromatic rings. The Kier molecular flexibility index (Phi) is 19.6. The number of rotatable bonds is 18. The number of hydrogen-bond donors (Lipinski definition) is 4. The highest BCUT2D eigenvalue weighted by molar-refractivity contribution is 5.98. The van der Waals surface area contributed by atoms with E-state index in [1.54, 1.807) is 12.4 Å². The number of halogens is 3. The van der Waals surface area contributed by atoms with Crippen LogP contribution in [0.5, 0.6) is 11.5 Å². The lowest BCUT2D eigenvalue weighted by Gasteiger charge is -2.37. The summed E-state index contributed by atoms with van der Waals surface area (Å²) < 4.78 is 49.2. The third kappa shape index (κ3) is 15.8. The van der Waals surface area contributed by atoms with E-state index in [0.717, 1.165) is 112 Å². The van der Waals surface area contributed by atoms with Crippen LogP contribution in [0, 0.1) is 5.41 Å². The van der Waals surface area contributed by atoms with Crippen LogP contribution in [-0.4, -0.2) is 120 Å². The van der Waals surface area contributed by atoms with Crippen LogP contribution in [-0.2, 0) is 15.8 Å². The number of benzene rings is 3. The molecule has 1 saturated carbocycles. The van der Waals surface area contributed by atoms with Crippen molar-refractivity contribution in [2.75, 3.05) is 70.9 Å². The standard InChI is InChI=1S/C21H31N5O2.C17H18F3NO.C14H20N2O2/c27-18-16-21(6-1-2-7-21)17-19(28)26(18)11-4-3-10-24-12-14-25(15-13-24)20-22-8-5-9-23-20;1-21-12-11-16(13-5-3-2-4-6-13)22-15-9-7-14(8-10-15)17(18,19)20;1-10(2)16-8-11(17)9-18-14-5-3-4-13-12(14)6-7-15-13/h5,8-9H,1-4,6-7,10-17H2;2-10,16,21H,11-12H2,1H3;3-7,10-11,15-17H,8-9H2,1-2H3. The van der Waals surface area contributed by atoms with Crippen LogP contribution >= 0.6 is 0 Å². The summed E-state index contributed by atoms with van der Waals surface area (Å²) in [6.07, 6.45) is 8.68. The molecule has 1 spiro atoms. The molecule has 0 bridgehead atoms. The molecule has 2 atom stereocenters. The molecule has 13 nitrogen and oxygen atoms in total. The zero-order valence-corrected chi connectivity index (χ0v) is 39.7. The van der Waals surface area contributed by atoms with Crippen LogP contribution < -0.4 is 25.0 Å². The zero-order chi connectivity index (χ0) is 48.4. The number of carbonyl (C=O) groups is 2. The molecule has 2 aliphatic heterocycles. The fourth-order valence-corrected chi connectivity index (χ4v) is 8.92. The van der Waals surface area contributed by atoms with E-state index in [0.29, 0.717) is 44.3 Å². The Morgan fingerprint density at radius 3 is 2.16 bits per heavy atom. The molecule has 4 N–H and O–H groups in total. The van der Waals surface area contributed by atoms with Gasteiger partial charge < -0.3 is 35.1 Å². The number of anilines is 1. The molecule has 1 aliphatic carbocycles. The lowest BCUT2D eigenvalue weighted by Crippen LogP contribution is -2.48. The van der Waals surface area contributed by atoms with Gasteiger partial charge in [-0.2, -0.15) is 13.2 Å². The molecule has 4 heterocycles. The number of aliphatic hydroxyl groups is 1. The minimum absolute atomic E-state index is 0.00676. The van der Waals surface area contributed by atoms with Gasteiger partial charge in [0.05, 0.1) is 5.56 Å². The summed E-state index contributed by atoms with van der Waals surface area (Å²) >= 11 is 0. The van der Waals surface area contributed by atoms with Crippen molar-refractivity contribution in [2.24, 2.45) is 5.41 Å². The predicted octanol–water partition coefficient (Wildman–Crippen LogP) is 8.43. The maximum Gasteiger partial charge on any atom is 0.416 e. The smallest absolute Gasteiger partial charge is 0.416 e. The number of H-pyrrole nitrogens is 1. The molecule has 16 heteroatoms. The van der Waals surface area contributed by atoms with Gasteiger partial charge in [0, 0.05) is 94.1 Å². The molecule has 2 unspecified atom stereocenters. The van der Waals surface area contributed by atoms with E-state index in [2.05, 4.69) is 35.4 Å². The largest absolute Gasteiger partial charge is 0.490 e. The molecule has 3 aliphatic rings. The van der Waals surface area contributed by atoms with Gasteiger partial charge in [-0.1, -0.05) is 63.1 Å². The Hall–Kier alpha value is -5.55. The van der Waals surface area contributed by atoms with Gasteiger partial charge in [0.1, 0.15) is 30.3 Å². The highest BCUT2D eigenvalue weighted by Gasteiger charge is 2.44. The molecule has 8 rings (SSSR count). The Bertz CT molecular complexity index is 2230. The number of alkyl halides is 3. The average Bonchev–Trinajstić information content (AvgIpc) is 4.02. The number of fused-ring (bicyclic) bond motifs is 1. The van der Waals surface area contributed by atoms with Gasteiger partial charge in [-0.05, 0) is 105 Å². The second-order valence-electron chi connectivity index (χ2n) is 18.2. The second-order valence-corrected chi connectivity index (χ2v) is 18.2. The van der Waals surface area contributed by atoms with Crippen LogP contribution in [0.15, 0.2) is 104 Å². The number of aromatic amines is 1. The number of nitrogens with one attached hydrogen (secondary N) is 3. The summed E-state index contributed by atoms with van der Waals surface area (Å²) in [4.78, 5) is 43.0. The molecule has 68 heavy (non-hydrogen) atoms. The van der Waals surface area contributed by atoms with E-state index in [-0.39, 0.29) is 23.3 Å². The van der Waals surface area contributed by atoms with Crippen molar-refractivity contribution in [1.29, 1.82) is 0 Å². The van der Waals surface area contributed by atoms with Crippen molar-refractivity contribution < 1.29 is 37.3 Å². The first-order valence-corrected chi connectivity index (χ1v) is 24.0. The number of hydrogen-bond acceptors (Lipinski definition) is 11. The van der Waals surface area contributed by atoms with Crippen LogP contribution in [0.4, 0.5) is 19.1 Å². The van der Waals surface area contributed by atoms with Gasteiger partial charge in [-0.15, -0.1) is 0 Å². The molecule has 2 saturated heterocycles. The third-order valence-electron chi connectivity index (χ3n) is 12.7. The number of aliphatic hydroxyl groups excluding tert-OH is 1. The number of piperidine rings is 1. The molecule has 0 radical (unpaired) electrons. The van der Waals surface area contributed by atoms with Gasteiger partial charge in [0.25, 0.3) is 0 Å². The minimum atomic E-state index is -4.33. The van der Waals surface area contributed by atoms with Crippen LogP contribution in [0.25, 0.3) is 10.9 Å². The molecule has 2 amide bonds. The first-order chi connectivity index (χ1) is 32.8. The number of piperazine rings is 1. The number of unbranched alkanes of at least 4 members (excludes halogenated alkanes) is 1. The van der Waals surface area contributed by atoms with Crippen molar-refractivity contribution in [1.82, 2.24) is 35.4 Å². The van der Waals surface area contributed by atoms with Crippen molar-refractivity contribution in [3.8, 4) is 11.5 Å². The second kappa shape index (κ2) is 25.7. The van der Waals surface area contributed by atoms with Gasteiger partial charge >= 0.3 is 6.18 Å². The summed E-state index contributed by atoms with van der Waals surface area (Å²) in [6, 6.07) is 24.5. The number of ether oxygens (including phenoxy) is 2. The number of nitrogens with zero attached hydrogens (tertiary/aromatic N) is 5. The van der Waals surface area contributed by atoms with Crippen LogP contribution in [0.1, 0.15) is 88.9 Å². The third-order valence-corrected chi connectivity index (χ3v) is 12.7. The lowest BCUT2D eigenvalue weighted by molar-refractivity contribution is -0.153.